The molecule has 6 nitrogen and oxygen atoms in total. The van der Waals surface area contributed by atoms with Gasteiger partial charge in [0.2, 0.25) is 0 Å². The molecule has 7 heteroatoms. The van der Waals surface area contributed by atoms with E-state index in [0.29, 0.717) is 34.2 Å². The summed E-state index contributed by atoms with van der Waals surface area (Å²) < 4.78 is 5.71. The van der Waals surface area contributed by atoms with E-state index in [4.69, 9.17) is 16.3 Å². The van der Waals surface area contributed by atoms with E-state index in [0.717, 1.165) is 12.0 Å². The van der Waals surface area contributed by atoms with E-state index < -0.39 is 17.7 Å². The second-order valence-electron chi connectivity index (χ2n) is 8.07. The number of nitrogens with zero attached hydrogens (tertiary/aromatic N) is 1. The van der Waals surface area contributed by atoms with E-state index >= 15 is 0 Å². The van der Waals surface area contributed by atoms with E-state index in [9.17, 15) is 19.8 Å². The largest absolute Gasteiger partial charge is 0.508 e. The maximum Gasteiger partial charge on any atom is 0.300 e. The molecule has 2 N–H and O–H groups in total. The number of Topliss-reactive ketones (excluding diaryl/α,β-unsaturated/α-hetero) is 1. The van der Waals surface area contributed by atoms with E-state index in [-0.39, 0.29) is 17.1 Å². The van der Waals surface area contributed by atoms with Gasteiger partial charge in [-0.2, -0.15) is 0 Å². The number of aromatic hydroxyl groups is 1. The molecule has 3 aromatic carbocycles. The number of halogens is 1. The minimum Gasteiger partial charge on any atom is -0.508 e. The van der Waals surface area contributed by atoms with E-state index in [1.165, 1.54) is 17.0 Å². The number of phenolic OH excluding ortho intramolecular Hbond substituents is 1. The van der Waals surface area contributed by atoms with Crippen LogP contribution in [-0.4, -0.2) is 28.5 Å². The zero-order chi connectivity index (χ0) is 24.4. The van der Waals surface area contributed by atoms with Crippen LogP contribution in [0.2, 0.25) is 5.02 Å². The summed E-state index contributed by atoms with van der Waals surface area (Å²) in [5.74, 6) is -1.27. The number of hydrogen-bond acceptors (Lipinski definition) is 5. The highest BCUT2D eigenvalue weighted by atomic mass is 35.5. The summed E-state index contributed by atoms with van der Waals surface area (Å²) in [5.41, 5.74) is 1.98. The second kappa shape index (κ2) is 9.61. The Labute approximate surface area is 202 Å². The Bertz CT molecular complexity index is 1300. The molecular weight excluding hydrogens is 454 g/mol. The molecule has 1 aliphatic rings. The molecule has 0 aliphatic carbocycles. The van der Waals surface area contributed by atoms with Crippen molar-refractivity contribution in [3.63, 3.8) is 0 Å². The third-order valence-electron chi connectivity index (χ3n) is 5.63. The van der Waals surface area contributed by atoms with Crippen molar-refractivity contribution in [3.05, 3.63) is 94.0 Å². The Morgan fingerprint density at radius 2 is 1.82 bits per heavy atom. The Morgan fingerprint density at radius 3 is 2.50 bits per heavy atom. The fraction of sp³-hybridized carbons (Fsp3) is 0.185. The van der Waals surface area contributed by atoms with E-state index in [2.05, 4.69) is 0 Å². The Kier molecular flexibility index (Phi) is 6.61. The Morgan fingerprint density at radius 1 is 1.06 bits per heavy atom. The number of aliphatic hydroxyl groups is 1. The highest BCUT2D eigenvalue weighted by Gasteiger charge is 2.47. The van der Waals surface area contributed by atoms with Gasteiger partial charge in [0.15, 0.2) is 0 Å². The maximum atomic E-state index is 13.2. The van der Waals surface area contributed by atoms with Gasteiger partial charge in [-0.3, -0.25) is 14.5 Å². The van der Waals surface area contributed by atoms with Gasteiger partial charge in [0.05, 0.1) is 18.2 Å². The predicted octanol–water partition coefficient (Wildman–Crippen LogP) is 5.77. The summed E-state index contributed by atoms with van der Waals surface area (Å²) in [5, 5.41) is 21.8. The highest BCUT2D eigenvalue weighted by molar-refractivity contribution is 6.51. The van der Waals surface area contributed by atoms with Crippen molar-refractivity contribution in [1.82, 2.24) is 0 Å². The molecular formula is C27H24ClNO5. The third kappa shape index (κ3) is 4.37. The first-order chi connectivity index (χ1) is 16.3. The molecule has 1 fully saturated rings. The van der Waals surface area contributed by atoms with E-state index in [1.807, 2.05) is 13.8 Å². The molecule has 1 amide bonds. The quantitative estimate of drug-likeness (QED) is 0.267. The molecule has 0 spiro atoms. The molecule has 1 heterocycles. The zero-order valence-electron chi connectivity index (χ0n) is 18.8. The fourth-order valence-corrected chi connectivity index (χ4v) is 4.25. The number of ether oxygens (including phenoxy) is 1. The molecule has 4 rings (SSSR count). The summed E-state index contributed by atoms with van der Waals surface area (Å²) in [6.45, 7) is 4.42. The lowest BCUT2D eigenvalue weighted by molar-refractivity contribution is -0.132. The van der Waals surface area contributed by atoms with E-state index in [1.54, 1.807) is 54.6 Å². The predicted molar refractivity (Wildman–Crippen MR) is 131 cm³/mol. The molecule has 0 bridgehead atoms. The third-order valence-corrected chi connectivity index (χ3v) is 5.86. The van der Waals surface area contributed by atoms with Crippen molar-refractivity contribution in [3.8, 4) is 11.5 Å². The Balaban J connectivity index is 1.89. The molecule has 174 valence electrons. The lowest BCUT2D eigenvalue weighted by Crippen LogP contribution is -2.29. The molecule has 1 unspecified atom stereocenters. The molecule has 1 aliphatic heterocycles. The van der Waals surface area contributed by atoms with Gasteiger partial charge in [-0.25, -0.2) is 0 Å². The number of carbonyl (C=O) groups is 2. The average Bonchev–Trinajstić information content (AvgIpc) is 3.08. The number of benzene rings is 3. The number of aliphatic hydroxyl groups excluding tert-OH is 1. The van der Waals surface area contributed by atoms with Crippen molar-refractivity contribution < 1.29 is 24.5 Å². The van der Waals surface area contributed by atoms with Crippen LogP contribution in [-0.2, 0) is 9.59 Å². The average molecular weight is 478 g/mol. The lowest BCUT2D eigenvalue weighted by Gasteiger charge is -2.25. The molecule has 3 aromatic rings. The van der Waals surface area contributed by atoms with Crippen LogP contribution in [0.4, 0.5) is 5.69 Å². The summed E-state index contributed by atoms with van der Waals surface area (Å²) in [6.07, 6.45) is 0.859. The SMILES string of the molecule is CCCOc1ccc(/C(O)=C2\C(=O)C(=O)N(c3cccc(Cl)c3)C2c2cccc(O)c2)cc1C. The summed E-state index contributed by atoms with van der Waals surface area (Å²) >= 11 is 6.15. The van der Waals surface area contributed by atoms with Crippen LogP contribution in [0.5, 0.6) is 11.5 Å². The molecule has 34 heavy (non-hydrogen) atoms. The van der Waals surface area contributed by atoms with Crippen molar-refractivity contribution in [2.75, 3.05) is 11.5 Å². The molecule has 1 atom stereocenters. The van der Waals surface area contributed by atoms with Crippen molar-refractivity contribution in [1.29, 1.82) is 0 Å². The topological polar surface area (TPSA) is 87.1 Å². The van der Waals surface area contributed by atoms with Gasteiger partial charge >= 0.3 is 0 Å². The first kappa shape index (κ1) is 23.4. The molecule has 0 saturated carbocycles. The van der Waals surface area contributed by atoms with Crippen molar-refractivity contribution >= 4 is 34.7 Å². The number of aryl methyl sites for hydroxylation is 1. The Hall–Kier alpha value is -3.77. The molecule has 1 saturated heterocycles. The number of rotatable bonds is 6. The van der Waals surface area contributed by atoms with Crippen LogP contribution in [0.15, 0.2) is 72.3 Å². The number of phenols is 1. The minimum atomic E-state index is -0.957. The van der Waals surface area contributed by atoms with Crippen LogP contribution in [0.1, 0.15) is 36.1 Å². The van der Waals surface area contributed by atoms with Crippen LogP contribution >= 0.6 is 11.6 Å². The van der Waals surface area contributed by atoms with Gasteiger partial charge in [-0.05, 0) is 73.0 Å². The fourth-order valence-electron chi connectivity index (χ4n) is 4.06. The maximum absolute atomic E-state index is 13.2. The number of hydrogen-bond donors (Lipinski definition) is 2. The van der Waals surface area contributed by atoms with Crippen molar-refractivity contribution in [2.45, 2.75) is 26.3 Å². The van der Waals surface area contributed by atoms with Gasteiger partial charge < -0.3 is 14.9 Å². The second-order valence-corrected chi connectivity index (χ2v) is 8.51. The normalized spacial score (nSPS) is 17.3. The minimum absolute atomic E-state index is 0.0255. The smallest absolute Gasteiger partial charge is 0.300 e. The number of ketones is 1. The van der Waals surface area contributed by atoms with Crippen LogP contribution in [0.25, 0.3) is 5.76 Å². The highest BCUT2D eigenvalue weighted by Crippen LogP contribution is 2.43. The molecule has 0 radical (unpaired) electrons. The van der Waals surface area contributed by atoms with Crippen LogP contribution in [0.3, 0.4) is 0 Å². The van der Waals surface area contributed by atoms with Gasteiger partial charge in [0.1, 0.15) is 17.3 Å². The zero-order valence-corrected chi connectivity index (χ0v) is 19.5. The van der Waals surface area contributed by atoms with Gasteiger partial charge in [0.25, 0.3) is 11.7 Å². The summed E-state index contributed by atoms with van der Waals surface area (Å²) in [6, 6.07) is 17.0. The van der Waals surface area contributed by atoms with Crippen LogP contribution in [0, 0.1) is 6.92 Å². The first-order valence-electron chi connectivity index (χ1n) is 10.9. The first-order valence-corrected chi connectivity index (χ1v) is 11.3. The standard InChI is InChI=1S/C27H24ClNO5/c1-3-12-34-22-11-10-18(13-16(22)2)25(31)23-24(17-6-4-9-21(30)14-17)29(27(33)26(23)32)20-8-5-7-19(28)15-20/h4-11,13-15,24,30-31H,3,12H2,1-2H3/b25-23+. The lowest BCUT2D eigenvalue weighted by atomic mass is 9.94. The van der Waals surface area contributed by atoms with Gasteiger partial charge in [-0.1, -0.05) is 36.7 Å². The summed E-state index contributed by atoms with van der Waals surface area (Å²) in [7, 11) is 0. The summed E-state index contributed by atoms with van der Waals surface area (Å²) in [4.78, 5) is 27.7. The number of amides is 1. The van der Waals surface area contributed by atoms with Gasteiger partial charge in [-0.15, -0.1) is 0 Å². The van der Waals surface area contributed by atoms with Crippen molar-refractivity contribution in [2.24, 2.45) is 0 Å². The monoisotopic (exact) mass is 477 g/mol. The number of carbonyl (C=O) groups excluding carboxylic acids is 2. The molecule has 0 aromatic heterocycles. The van der Waals surface area contributed by atoms with Gasteiger partial charge in [0, 0.05) is 16.3 Å². The van der Waals surface area contributed by atoms with Crippen LogP contribution < -0.4 is 9.64 Å². The number of anilines is 1.